The molecule has 27 heavy (non-hydrogen) atoms. The Morgan fingerprint density at radius 1 is 1.00 bits per heavy atom. The zero-order valence-electron chi connectivity index (χ0n) is 13.7. The Morgan fingerprint density at radius 2 is 1.67 bits per heavy atom. The van der Waals surface area contributed by atoms with Crippen molar-refractivity contribution in [2.24, 2.45) is 0 Å². The van der Waals surface area contributed by atoms with Gasteiger partial charge in [-0.2, -0.15) is 0 Å². The molecular weight excluding hydrogens is 372 g/mol. The number of nitro groups is 1. The third-order valence-electron chi connectivity index (χ3n) is 3.45. The number of carbonyl (C=O) groups is 1. The highest BCUT2D eigenvalue weighted by atomic mass is 35.5. The molecule has 0 bridgehead atoms. The lowest BCUT2D eigenvalue weighted by atomic mass is 10.2. The van der Waals surface area contributed by atoms with Crippen LogP contribution in [0.5, 0.6) is 0 Å². The third kappa shape index (κ3) is 4.28. The van der Waals surface area contributed by atoms with Crippen LogP contribution in [-0.2, 0) is 0 Å². The van der Waals surface area contributed by atoms with Gasteiger partial charge in [0.05, 0.1) is 15.5 Å². The number of anilines is 3. The predicted octanol–water partition coefficient (Wildman–Crippen LogP) is 3.54. The first-order chi connectivity index (χ1) is 13.1. The molecule has 0 atom stereocenters. The van der Waals surface area contributed by atoms with Crippen molar-refractivity contribution in [3.63, 3.8) is 0 Å². The highest BCUT2D eigenvalue weighted by molar-refractivity contribution is 6.33. The summed E-state index contributed by atoms with van der Waals surface area (Å²) >= 11 is 5.97. The van der Waals surface area contributed by atoms with Crippen LogP contribution in [0.2, 0.25) is 5.02 Å². The van der Waals surface area contributed by atoms with Crippen molar-refractivity contribution in [1.82, 2.24) is 15.4 Å². The zero-order valence-corrected chi connectivity index (χ0v) is 14.5. The molecule has 0 unspecified atom stereocenters. The lowest BCUT2D eigenvalue weighted by Gasteiger charge is -2.11. The molecule has 3 N–H and O–H groups in total. The van der Waals surface area contributed by atoms with E-state index < -0.39 is 16.5 Å². The Labute approximate surface area is 158 Å². The summed E-state index contributed by atoms with van der Waals surface area (Å²) in [6.07, 6.45) is 1.14. The fraction of sp³-hybridized carbons (Fsp3) is 0. The molecular formula is C17H13ClN6O3. The van der Waals surface area contributed by atoms with Gasteiger partial charge in [0, 0.05) is 5.69 Å². The molecule has 1 aromatic heterocycles. The molecule has 10 heteroatoms. The van der Waals surface area contributed by atoms with Gasteiger partial charge in [-0.15, -0.1) is 0 Å². The van der Waals surface area contributed by atoms with E-state index in [1.165, 1.54) is 6.07 Å². The van der Waals surface area contributed by atoms with Gasteiger partial charge in [-0.3, -0.25) is 25.8 Å². The summed E-state index contributed by atoms with van der Waals surface area (Å²) in [6, 6.07) is 15.3. The average Bonchev–Trinajstić information content (AvgIpc) is 2.67. The standard InChI is InChI=1S/C17H13ClN6O3/c18-13-9-5-4-8-12(13)17(25)23-22-16-14(24(26)27)15(19-10-20-16)21-11-6-2-1-3-7-11/h1-10H,(H,23,25)(H2,19,20,21,22). The van der Waals surface area contributed by atoms with Gasteiger partial charge in [-0.25, -0.2) is 9.97 Å². The predicted molar refractivity (Wildman–Crippen MR) is 101 cm³/mol. The molecule has 0 saturated heterocycles. The van der Waals surface area contributed by atoms with Crippen molar-refractivity contribution in [1.29, 1.82) is 0 Å². The van der Waals surface area contributed by atoms with Crippen LogP contribution in [0.25, 0.3) is 0 Å². The molecule has 1 amide bonds. The second-order valence-electron chi connectivity index (χ2n) is 5.23. The van der Waals surface area contributed by atoms with Gasteiger partial charge in [0.1, 0.15) is 6.33 Å². The number of hydrogen-bond acceptors (Lipinski definition) is 7. The van der Waals surface area contributed by atoms with Gasteiger partial charge >= 0.3 is 5.69 Å². The minimum Gasteiger partial charge on any atom is -0.334 e. The minimum atomic E-state index is -0.644. The first-order valence-corrected chi connectivity index (χ1v) is 8.06. The van der Waals surface area contributed by atoms with Crippen molar-refractivity contribution in [2.45, 2.75) is 0 Å². The molecule has 2 aromatic carbocycles. The van der Waals surface area contributed by atoms with E-state index in [9.17, 15) is 14.9 Å². The Morgan fingerprint density at radius 3 is 2.37 bits per heavy atom. The number of carbonyl (C=O) groups excluding carboxylic acids is 1. The maximum atomic E-state index is 12.2. The lowest BCUT2D eigenvalue weighted by molar-refractivity contribution is -0.383. The zero-order chi connectivity index (χ0) is 19.2. The summed E-state index contributed by atoms with van der Waals surface area (Å²) in [6.45, 7) is 0. The Bertz CT molecular complexity index is 983. The molecule has 3 rings (SSSR count). The Hall–Kier alpha value is -3.72. The Balaban J connectivity index is 1.83. The third-order valence-corrected chi connectivity index (χ3v) is 3.78. The minimum absolute atomic E-state index is 0.0179. The molecule has 0 aliphatic carbocycles. The first kappa shape index (κ1) is 18.1. The summed E-state index contributed by atoms with van der Waals surface area (Å²) < 4.78 is 0. The van der Waals surface area contributed by atoms with E-state index in [1.54, 1.807) is 42.5 Å². The molecule has 0 radical (unpaired) electrons. The van der Waals surface area contributed by atoms with E-state index in [1.807, 2.05) is 6.07 Å². The van der Waals surface area contributed by atoms with E-state index in [4.69, 9.17) is 11.6 Å². The van der Waals surface area contributed by atoms with Gasteiger partial charge in [0.25, 0.3) is 5.91 Å². The van der Waals surface area contributed by atoms with Crippen molar-refractivity contribution in [3.8, 4) is 0 Å². The van der Waals surface area contributed by atoms with Gasteiger partial charge < -0.3 is 5.32 Å². The highest BCUT2D eigenvalue weighted by Crippen LogP contribution is 2.30. The summed E-state index contributed by atoms with van der Waals surface area (Å²) in [7, 11) is 0. The average molecular weight is 385 g/mol. The number of nitrogens with one attached hydrogen (secondary N) is 3. The monoisotopic (exact) mass is 384 g/mol. The van der Waals surface area contributed by atoms with Crippen molar-refractivity contribution >= 4 is 40.5 Å². The second-order valence-corrected chi connectivity index (χ2v) is 5.63. The smallest absolute Gasteiger partial charge is 0.334 e. The summed E-state index contributed by atoms with van der Waals surface area (Å²) in [5.74, 6) is -0.754. The number of para-hydroxylation sites is 1. The fourth-order valence-electron chi connectivity index (χ4n) is 2.22. The normalized spacial score (nSPS) is 10.1. The largest absolute Gasteiger partial charge is 0.355 e. The van der Waals surface area contributed by atoms with Crippen molar-refractivity contribution in [3.05, 3.63) is 81.6 Å². The van der Waals surface area contributed by atoms with Crippen LogP contribution < -0.4 is 16.2 Å². The molecule has 9 nitrogen and oxygen atoms in total. The maximum Gasteiger partial charge on any atom is 0.355 e. The van der Waals surface area contributed by atoms with Crippen LogP contribution in [0, 0.1) is 10.1 Å². The molecule has 136 valence electrons. The van der Waals surface area contributed by atoms with Crippen LogP contribution in [0.15, 0.2) is 60.9 Å². The fourth-order valence-corrected chi connectivity index (χ4v) is 2.44. The number of hydrogen-bond donors (Lipinski definition) is 3. The van der Waals surface area contributed by atoms with E-state index in [-0.39, 0.29) is 22.2 Å². The highest BCUT2D eigenvalue weighted by Gasteiger charge is 2.24. The number of amides is 1. The van der Waals surface area contributed by atoms with Gasteiger partial charge in [-0.1, -0.05) is 41.9 Å². The van der Waals surface area contributed by atoms with Gasteiger partial charge in [0.2, 0.25) is 11.6 Å². The molecule has 3 aromatic rings. The van der Waals surface area contributed by atoms with Crippen LogP contribution in [-0.4, -0.2) is 20.8 Å². The number of halogens is 1. The second kappa shape index (κ2) is 8.11. The number of nitrogens with zero attached hydrogens (tertiary/aromatic N) is 3. The molecule has 0 aliphatic heterocycles. The van der Waals surface area contributed by atoms with Crippen molar-refractivity contribution < 1.29 is 9.72 Å². The Kier molecular flexibility index (Phi) is 5.43. The molecule has 0 aliphatic rings. The number of rotatable bonds is 6. The van der Waals surface area contributed by atoms with Crippen LogP contribution in [0.4, 0.5) is 23.0 Å². The van der Waals surface area contributed by atoms with E-state index >= 15 is 0 Å². The van der Waals surface area contributed by atoms with E-state index in [2.05, 4.69) is 26.1 Å². The number of hydrazine groups is 1. The topological polar surface area (TPSA) is 122 Å². The number of benzene rings is 2. The molecule has 0 saturated carbocycles. The summed E-state index contributed by atoms with van der Waals surface area (Å²) in [5, 5.41) is 14.6. The quantitative estimate of drug-likeness (QED) is 0.438. The molecule has 1 heterocycles. The first-order valence-electron chi connectivity index (χ1n) is 7.68. The van der Waals surface area contributed by atoms with E-state index in [0.29, 0.717) is 5.69 Å². The lowest BCUT2D eigenvalue weighted by Crippen LogP contribution is -2.30. The summed E-state index contributed by atoms with van der Waals surface area (Å²) in [5.41, 5.74) is 5.22. The van der Waals surface area contributed by atoms with E-state index in [0.717, 1.165) is 6.33 Å². The van der Waals surface area contributed by atoms with Gasteiger partial charge in [-0.05, 0) is 24.3 Å². The molecule has 0 spiro atoms. The number of aromatic nitrogens is 2. The SMILES string of the molecule is O=C(NNc1ncnc(Nc2ccccc2)c1[N+](=O)[O-])c1ccccc1Cl. The van der Waals surface area contributed by atoms with Crippen LogP contribution in [0.3, 0.4) is 0 Å². The summed E-state index contributed by atoms with van der Waals surface area (Å²) in [4.78, 5) is 30.8. The molecule has 0 fully saturated rings. The van der Waals surface area contributed by atoms with Crippen LogP contribution in [0.1, 0.15) is 10.4 Å². The van der Waals surface area contributed by atoms with Crippen molar-refractivity contribution in [2.75, 3.05) is 10.7 Å². The van der Waals surface area contributed by atoms with Crippen LogP contribution >= 0.6 is 11.6 Å². The van der Waals surface area contributed by atoms with Gasteiger partial charge in [0.15, 0.2) is 0 Å². The maximum absolute atomic E-state index is 12.2.